The highest BCUT2D eigenvalue weighted by atomic mass is 19.1. The molecular formula is C17H23FN2O2. The van der Waals surface area contributed by atoms with Crippen LogP contribution in [0.15, 0.2) is 18.2 Å². The minimum absolute atomic E-state index is 0.114. The summed E-state index contributed by atoms with van der Waals surface area (Å²) in [5.74, 6) is -1.15. The molecule has 0 saturated carbocycles. The monoisotopic (exact) mass is 306 g/mol. The van der Waals surface area contributed by atoms with E-state index in [0.29, 0.717) is 0 Å². The fourth-order valence-electron chi connectivity index (χ4n) is 2.76. The molecule has 5 heteroatoms. The Balaban J connectivity index is 2.09. The number of amides is 2. The third kappa shape index (κ3) is 3.46. The van der Waals surface area contributed by atoms with Gasteiger partial charge in [0.25, 0.3) is 0 Å². The van der Waals surface area contributed by atoms with E-state index in [0.717, 1.165) is 18.4 Å². The maximum atomic E-state index is 14.0. The zero-order valence-electron chi connectivity index (χ0n) is 13.4. The van der Waals surface area contributed by atoms with Gasteiger partial charge >= 0.3 is 0 Å². The smallest absolute Gasteiger partial charge is 0.227 e. The molecule has 2 rings (SSSR count). The van der Waals surface area contributed by atoms with Crippen LogP contribution in [0.1, 0.15) is 38.7 Å². The minimum atomic E-state index is -0.422. The maximum Gasteiger partial charge on any atom is 0.227 e. The summed E-state index contributed by atoms with van der Waals surface area (Å²) in [5, 5.41) is 2.96. The minimum Gasteiger partial charge on any atom is -0.353 e. The molecule has 1 aromatic carbocycles. The van der Waals surface area contributed by atoms with Crippen molar-refractivity contribution in [2.24, 2.45) is 5.92 Å². The number of anilines is 1. The Morgan fingerprint density at radius 1 is 1.41 bits per heavy atom. The van der Waals surface area contributed by atoms with Crippen LogP contribution in [0.4, 0.5) is 10.1 Å². The van der Waals surface area contributed by atoms with Crippen LogP contribution in [0.5, 0.6) is 0 Å². The van der Waals surface area contributed by atoms with Crippen LogP contribution in [0.3, 0.4) is 0 Å². The van der Waals surface area contributed by atoms with Crippen LogP contribution in [0.25, 0.3) is 0 Å². The number of hydrogen-bond donors (Lipinski definition) is 1. The lowest BCUT2D eigenvalue weighted by molar-refractivity contribution is -0.127. The lowest BCUT2D eigenvalue weighted by atomic mass is 10.1. The summed E-state index contributed by atoms with van der Waals surface area (Å²) in [6, 6.07) is 4.90. The van der Waals surface area contributed by atoms with Crippen LogP contribution in [0, 0.1) is 18.7 Å². The van der Waals surface area contributed by atoms with Crippen molar-refractivity contribution in [1.29, 1.82) is 0 Å². The van der Waals surface area contributed by atoms with Gasteiger partial charge in [-0.25, -0.2) is 4.39 Å². The van der Waals surface area contributed by atoms with Crippen molar-refractivity contribution in [2.45, 2.75) is 46.1 Å². The van der Waals surface area contributed by atoms with Gasteiger partial charge in [-0.05, 0) is 37.5 Å². The van der Waals surface area contributed by atoms with Crippen LogP contribution >= 0.6 is 0 Å². The summed E-state index contributed by atoms with van der Waals surface area (Å²) in [6.07, 6.45) is 1.86. The Morgan fingerprint density at radius 2 is 2.09 bits per heavy atom. The zero-order valence-corrected chi connectivity index (χ0v) is 13.4. The van der Waals surface area contributed by atoms with Gasteiger partial charge in [0.1, 0.15) is 5.82 Å². The lowest BCUT2D eigenvalue weighted by Crippen LogP contribution is -2.39. The van der Waals surface area contributed by atoms with E-state index in [1.807, 2.05) is 13.8 Å². The van der Waals surface area contributed by atoms with Gasteiger partial charge in [-0.3, -0.25) is 9.59 Å². The third-order valence-electron chi connectivity index (χ3n) is 4.22. The van der Waals surface area contributed by atoms with Gasteiger partial charge < -0.3 is 10.2 Å². The van der Waals surface area contributed by atoms with Crippen LogP contribution in [-0.2, 0) is 9.59 Å². The number of nitrogens with one attached hydrogen (secondary N) is 1. The highest BCUT2D eigenvalue weighted by Crippen LogP contribution is 2.28. The first-order chi connectivity index (χ1) is 10.5. The van der Waals surface area contributed by atoms with E-state index in [4.69, 9.17) is 0 Å². The average molecular weight is 306 g/mol. The van der Waals surface area contributed by atoms with Crippen molar-refractivity contribution >= 4 is 17.5 Å². The summed E-state index contributed by atoms with van der Waals surface area (Å²) < 4.78 is 14.0. The molecule has 22 heavy (non-hydrogen) atoms. The summed E-state index contributed by atoms with van der Waals surface area (Å²) in [6.45, 7) is 6.07. The summed E-state index contributed by atoms with van der Waals surface area (Å²) in [4.78, 5) is 25.8. The fraction of sp³-hybridized carbons (Fsp3) is 0.529. The normalized spacial score (nSPS) is 18.1. The highest BCUT2D eigenvalue weighted by Gasteiger charge is 2.36. The number of hydrogen-bond acceptors (Lipinski definition) is 2. The van der Waals surface area contributed by atoms with Crippen molar-refractivity contribution in [2.75, 3.05) is 11.4 Å². The van der Waals surface area contributed by atoms with Gasteiger partial charge in [0.15, 0.2) is 0 Å². The Kier molecular flexibility index (Phi) is 5.16. The molecule has 1 aromatic rings. The molecule has 0 aromatic heterocycles. The van der Waals surface area contributed by atoms with E-state index in [-0.39, 0.29) is 36.5 Å². The summed E-state index contributed by atoms with van der Waals surface area (Å²) >= 11 is 0. The number of halogens is 1. The fourth-order valence-corrected chi connectivity index (χ4v) is 2.76. The van der Waals surface area contributed by atoms with Crippen molar-refractivity contribution in [3.05, 3.63) is 29.6 Å². The van der Waals surface area contributed by atoms with Gasteiger partial charge in [0.05, 0.1) is 11.6 Å². The Morgan fingerprint density at radius 3 is 2.68 bits per heavy atom. The second-order valence-electron chi connectivity index (χ2n) is 5.88. The summed E-state index contributed by atoms with van der Waals surface area (Å²) in [7, 11) is 0. The molecule has 1 aliphatic heterocycles. The standard InChI is InChI=1S/C17H23FN2O2/c1-4-13(5-2)19-17(22)12-9-16(21)20(10-12)15-7-6-11(3)8-14(15)18/h6-8,12-13H,4-5,9-10H2,1-3H3,(H,19,22). The summed E-state index contributed by atoms with van der Waals surface area (Å²) in [5.41, 5.74) is 1.06. The molecule has 4 nitrogen and oxygen atoms in total. The average Bonchev–Trinajstić information content (AvgIpc) is 2.86. The number of carbonyl (C=O) groups is 2. The molecule has 0 aliphatic carbocycles. The van der Waals surface area contributed by atoms with Crippen molar-refractivity contribution < 1.29 is 14.0 Å². The lowest BCUT2D eigenvalue weighted by Gasteiger charge is -2.19. The molecule has 1 unspecified atom stereocenters. The molecule has 1 aliphatic rings. The van der Waals surface area contributed by atoms with Crippen LogP contribution in [-0.4, -0.2) is 24.4 Å². The van der Waals surface area contributed by atoms with Crippen molar-refractivity contribution in [3.63, 3.8) is 0 Å². The topological polar surface area (TPSA) is 49.4 Å². The second kappa shape index (κ2) is 6.90. The predicted molar refractivity (Wildman–Crippen MR) is 84.1 cm³/mol. The van der Waals surface area contributed by atoms with Gasteiger partial charge in [0.2, 0.25) is 11.8 Å². The van der Waals surface area contributed by atoms with Gasteiger partial charge in [-0.2, -0.15) is 0 Å². The number of carbonyl (C=O) groups excluding carboxylic acids is 2. The first kappa shape index (κ1) is 16.5. The molecule has 1 atom stereocenters. The first-order valence-corrected chi connectivity index (χ1v) is 7.83. The molecule has 1 heterocycles. The Bertz CT molecular complexity index is 570. The van der Waals surface area contributed by atoms with Crippen LogP contribution < -0.4 is 10.2 Å². The zero-order chi connectivity index (χ0) is 16.3. The molecule has 1 N–H and O–H groups in total. The number of aryl methyl sites for hydroxylation is 1. The van der Waals surface area contributed by atoms with Crippen molar-refractivity contribution in [1.82, 2.24) is 5.32 Å². The largest absolute Gasteiger partial charge is 0.353 e. The molecule has 2 amide bonds. The molecular weight excluding hydrogens is 283 g/mol. The van der Waals surface area contributed by atoms with E-state index in [1.165, 1.54) is 11.0 Å². The molecule has 0 radical (unpaired) electrons. The Labute approximate surface area is 130 Å². The van der Waals surface area contributed by atoms with Gasteiger partial charge in [-0.1, -0.05) is 19.9 Å². The quantitative estimate of drug-likeness (QED) is 0.909. The van der Waals surface area contributed by atoms with E-state index in [2.05, 4.69) is 5.32 Å². The Hall–Kier alpha value is -1.91. The second-order valence-corrected chi connectivity index (χ2v) is 5.88. The number of rotatable bonds is 5. The van der Waals surface area contributed by atoms with Gasteiger partial charge in [-0.15, -0.1) is 0 Å². The number of nitrogens with zero attached hydrogens (tertiary/aromatic N) is 1. The molecule has 120 valence electrons. The number of benzene rings is 1. The van der Waals surface area contributed by atoms with Gasteiger partial charge in [0, 0.05) is 19.0 Å². The third-order valence-corrected chi connectivity index (χ3v) is 4.22. The van der Waals surface area contributed by atoms with E-state index < -0.39 is 11.7 Å². The van der Waals surface area contributed by atoms with E-state index in [9.17, 15) is 14.0 Å². The van der Waals surface area contributed by atoms with Crippen molar-refractivity contribution in [3.8, 4) is 0 Å². The molecule has 0 spiro atoms. The first-order valence-electron chi connectivity index (χ1n) is 7.83. The molecule has 1 fully saturated rings. The highest BCUT2D eigenvalue weighted by molar-refractivity contribution is 6.00. The van der Waals surface area contributed by atoms with E-state index >= 15 is 0 Å². The predicted octanol–water partition coefficient (Wildman–Crippen LogP) is 2.79. The maximum absolute atomic E-state index is 14.0. The van der Waals surface area contributed by atoms with Crippen LogP contribution in [0.2, 0.25) is 0 Å². The SMILES string of the molecule is CCC(CC)NC(=O)C1CC(=O)N(c2ccc(C)cc2F)C1. The molecule has 0 bridgehead atoms. The van der Waals surface area contributed by atoms with E-state index in [1.54, 1.807) is 19.1 Å². The molecule has 1 saturated heterocycles.